The molecule has 2 N–H and O–H groups in total. The molecule has 0 amide bonds. The van der Waals surface area contributed by atoms with E-state index >= 15 is 0 Å². The van der Waals surface area contributed by atoms with Crippen LogP contribution in [0, 0.1) is 0 Å². The minimum atomic E-state index is -4.01. The number of phenolic OH excluding ortho intramolecular Hbond substituents is 1. The van der Waals surface area contributed by atoms with Gasteiger partial charge in [-0.2, -0.15) is 0 Å². The lowest BCUT2D eigenvalue weighted by Gasteiger charge is -2.11. The van der Waals surface area contributed by atoms with Gasteiger partial charge in [0.15, 0.2) is 0 Å². The summed E-state index contributed by atoms with van der Waals surface area (Å²) in [7, 11) is -2.83. The molecule has 3 aromatic carbocycles. The van der Waals surface area contributed by atoms with E-state index in [0.717, 1.165) is 18.9 Å². The molecule has 0 unspecified atom stereocenters. The summed E-state index contributed by atoms with van der Waals surface area (Å²) < 4.78 is 38.1. The van der Waals surface area contributed by atoms with E-state index in [-0.39, 0.29) is 16.1 Å². The molecule has 34 heavy (non-hydrogen) atoms. The standard InChI is InChI=1S/C25H25NO7S/c1-3-4-13-33-24(28)19-9-5-7-17(14-19)18-8-6-10-21(15-18)34(30,31)26-20-11-12-22(23(27)16-20)25(29)32-2/h5-12,14-16,26-27H,3-4,13H2,1-2H3. The number of benzene rings is 3. The second-order valence-electron chi connectivity index (χ2n) is 7.43. The first-order valence-corrected chi connectivity index (χ1v) is 12.0. The van der Waals surface area contributed by atoms with E-state index in [1.165, 1.54) is 31.4 Å². The van der Waals surface area contributed by atoms with Crippen molar-refractivity contribution in [1.82, 2.24) is 0 Å². The molecule has 0 aromatic heterocycles. The Morgan fingerprint density at radius 2 is 1.65 bits per heavy atom. The highest BCUT2D eigenvalue weighted by molar-refractivity contribution is 7.92. The Bertz CT molecular complexity index is 1300. The molecule has 0 saturated carbocycles. The molecule has 0 fully saturated rings. The summed E-state index contributed by atoms with van der Waals surface area (Å²) in [5.41, 5.74) is 1.62. The predicted molar refractivity (Wildman–Crippen MR) is 127 cm³/mol. The van der Waals surface area contributed by atoms with Crippen LogP contribution >= 0.6 is 0 Å². The van der Waals surface area contributed by atoms with Crippen molar-refractivity contribution < 1.29 is 32.6 Å². The number of nitrogens with one attached hydrogen (secondary N) is 1. The Kier molecular flexibility index (Phi) is 7.91. The third-order valence-corrected chi connectivity index (χ3v) is 6.34. The molecule has 0 heterocycles. The monoisotopic (exact) mass is 483 g/mol. The number of hydrogen-bond donors (Lipinski definition) is 2. The lowest BCUT2D eigenvalue weighted by Crippen LogP contribution is -2.13. The van der Waals surface area contributed by atoms with Crippen LogP contribution in [0.25, 0.3) is 11.1 Å². The summed E-state index contributed by atoms with van der Waals surface area (Å²) in [6.07, 6.45) is 1.69. The third-order valence-electron chi connectivity index (χ3n) is 4.96. The van der Waals surface area contributed by atoms with Gasteiger partial charge in [0.2, 0.25) is 0 Å². The van der Waals surface area contributed by atoms with E-state index < -0.39 is 27.7 Å². The van der Waals surface area contributed by atoms with Gasteiger partial charge in [0, 0.05) is 6.07 Å². The molecule has 9 heteroatoms. The molecule has 0 aliphatic rings. The summed E-state index contributed by atoms with van der Waals surface area (Å²) in [5.74, 6) is -1.59. The number of phenols is 1. The minimum absolute atomic E-state index is 0.0162. The van der Waals surface area contributed by atoms with Gasteiger partial charge >= 0.3 is 11.9 Å². The molecule has 3 rings (SSSR count). The van der Waals surface area contributed by atoms with Gasteiger partial charge in [-0.25, -0.2) is 18.0 Å². The fraction of sp³-hybridized carbons (Fsp3) is 0.200. The average molecular weight is 484 g/mol. The molecule has 0 aliphatic carbocycles. The molecule has 0 aliphatic heterocycles. The quantitative estimate of drug-likeness (QED) is 0.337. The third kappa shape index (κ3) is 5.93. The summed E-state index contributed by atoms with van der Waals surface area (Å²) >= 11 is 0. The maximum Gasteiger partial charge on any atom is 0.341 e. The van der Waals surface area contributed by atoms with E-state index in [1.54, 1.807) is 36.4 Å². The van der Waals surface area contributed by atoms with E-state index in [4.69, 9.17) is 4.74 Å². The lowest BCUT2D eigenvalue weighted by molar-refractivity contribution is 0.0499. The van der Waals surface area contributed by atoms with Crippen LogP contribution in [0.4, 0.5) is 5.69 Å². The smallest absolute Gasteiger partial charge is 0.341 e. The van der Waals surface area contributed by atoms with Crippen LogP contribution in [0.15, 0.2) is 71.6 Å². The summed E-state index contributed by atoms with van der Waals surface area (Å²) in [6, 6.07) is 16.7. The number of unbranched alkanes of at least 4 members (excludes halogenated alkanes) is 1. The van der Waals surface area contributed by atoms with Crippen LogP contribution in [0.2, 0.25) is 0 Å². The highest BCUT2D eigenvalue weighted by atomic mass is 32.2. The highest BCUT2D eigenvalue weighted by Gasteiger charge is 2.18. The number of hydrogen-bond acceptors (Lipinski definition) is 7. The molecule has 8 nitrogen and oxygen atoms in total. The van der Waals surface area contributed by atoms with Crippen LogP contribution < -0.4 is 4.72 Å². The van der Waals surface area contributed by atoms with Crippen molar-refractivity contribution in [3.63, 3.8) is 0 Å². The Morgan fingerprint density at radius 3 is 2.32 bits per heavy atom. The zero-order valence-electron chi connectivity index (χ0n) is 18.8. The first-order valence-electron chi connectivity index (χ1n) is 10.6. The topological polar surface area (TPSA) is 119 Å². The van der Waals surface area contributed by atoms with Crippen LogP contribution in [0.5, 0.6) is 5.75 Å². The van der Waals surface area contributed by atoms with Crippen molar-refractivity contribution in [3.05, 3.63) is 77.9 Å². The van der Waals surface area contributed by atoms with E-state index in [0.29, 0.717) is 23.3 Å². The largest absolute Gasteiger partial charge is 0.507 e. The number of carbonyl (C=O) groups is 2. The van der Waals surface area contributed by atoms with E-state index in [2.05, 4.69) is 9.46 Å². The summed E-state index contributed by atoms with van der Waals surface area (Å²) in [4.78, 5) is 23.9. The maximum atomic E-state index is 12.9. The molecule has 0 bridgehead atoms. The van der Waals surface area contributed by atoms with Crippen LogP contribution in [-0.2, 0) is 19.5 Å². The zero-order valence-corrected chi connectivity index (χ0v) is 19.6. The van der Waals surface area contributed by atoms with E-state index in [9.17, 15) is 23.1 Å². The van der Waals surface area contributed by atoms with Gasteiger partial charge in [-0.1, -0.05) is 37.6 Å². The summed E-state index contributed by atoms with van der Waals surface area (Å²) in [5, 5.41) is 10.0. The molecule has 0 radical (unpaired) electrons. The molecular formula is C25H25NO7S. The van der Waals surface area contributed by atoms with Crippen molar-refractivity contribution in [2.24, 2.45) is 0 Å². The van der Waals surface area contributed by atoms with Gasteiger partial charge in [0.1, 0.15) is 11.3 Å². The number of anilines is 1. The van der Waals surface area contributed by atoms with Gasteiger partial charge < -0.3 is 14.6 Å². The van der Waals surface area contributed by atoms with Crippen molar-refractivity contribution in [3.8, 4) is 16.9 Å². The first-order chi connectivity index (χ1) is 16.2. The molecule has 0 saturated heterocycles. The minimum Gasteiger partial charge on any atom is -0.507 e. The van der Waals surface area contributed by atoms with Crippen molar-refractivity contribution in [2.75, 3.05) is 18.4 Å². The van der Waals surface area contributed by atoms with E-state index in [1.807, 2.05) is 6.92 Å². The van der Waals surface area contributed by atoms with Crippen LogP contribution in [0.3, 0.4) is 0 Å². The molecule has 0 spiro atoms. The highest BCUT2D eigenvalue weighted by Crippen LogP contribution is 2.27. The number of aromatic hydroxyl groups is 1. The number of methoxy groups -OCH3 is 1. The second kappa shape index (κ2) is 10.8. The predicted octanol–water partition coefficient (Wildman–Crippen LogP) is 4.60. The lowest BCUT2D eigenvalue weighted by atomic mass is 10.0. The van der Waals surface area contributed by atoms with Crippen LogP contribution in [0.1, 0.15) is 40.5 Å². The normalized spacial score (nSPS) is 11.0. The number of ether oxygens (including phenoxy) is 2. The van der Waals surface area contributed by atoms with Gasteiger partial charge in [-0.15, -0.1) is 0 Å². The van der Waals surface area contributed by atoms with Gasteiger partial charge in [0.05, 0.1) is 29.9 Å². The second-order valence-corrected chi connectivity index (χ2v) is 9.11. The maximum absolute atomic E-state index is 12.9. The molecule has 0 atom stereocenters. The Labute approximate surface area is 198 Å². The number of rotatable bonds is 9. The van der Waals surface area contributed by atoms with Crippen molar-refractivity contribution in [1.29, 1.82) is 0 Å². The molecule has 178 valence electrons. The number of sulfonamides is 1. The SMILES string of the molecule is CCCCOC(=O)c1cccc(-c2cccc(S(=O)(=O)Nc3ccc(C(=O)OC)c(O)c3)c2)c1. The Balaban J connectivity index is 1.84. The Hall–Kier alpha value is -3.85. The first kappa shape index (κ1) is 24.8. The zero-order chi connectivity index (χ0) is 24.7. The van der Waals surface area contributed by atoms with Gasteiger partial charge in [0.25, 0.3) is 10.0 Å². The average Bonchev–Trinajstić information content (AvgIpc) is 2.83. The van der Waals surface area contributed by atoms with Gasteiger partial charge in [-0.05, 0) is 53.9 Å². The van der Waals surface area contributed by atoms with Crippen LogP contribution in [-0.4, -0.2) is 39.2 Å². The summed E-state index contributed by atoms with van der Waals surface area (Å²) in [6.45, 7) is 2.35. The number of carbonyl (C=O) groups excluding carboxylic acids is 2. The van der Waals surface area contributed by atoms with Crippen molar-refractivity contribution >= 4 is 27.6 Å². The fourth-order valence-corrected chi connectivity index (χ4v) is 4.25. The van der Waals surface area contributed by atoms with Crippen molar-refractivity contribution in [2.45, 2.75) is 24.7 Å². The Morgan fingerprint density at radius 1 is 0.941 bits per heavy atom. The molecule has 3 aromatic rings. The number of esters is 2. The van der Waals surface area contributed by atoms with Gasteiger partial charge in [-0.3, -0.25) is 4.72 Å². The fourth-order valence-electron chi connectivity index (χ4n) is 3.15. The molecular weight excluding hydrogens is 458 g/mol.